The van der Waals surface area contributed by atoms with Crippen molar-refractivity contribution in [2.45, 2.75) is 47.8 Å². The molecule has 1 fully saturated rings. The van der Waals surface area contributed by atoms with E-state index in [1.807, 2.05) is 0 Å². The Bertz CT molecular complexity index is 1090. The van der Waals surface area contributed by atoms with Gasteiger partial charge in [0.25, 0.3) is 5.91 Å². The molecule has 1 N–H and O–H groups in total. The Morgan fingerprint density at radius 2 is 1.47 bits per heavy atom. The summed E-state index contributed by atoms with van der Waals surface area (Å²) in [6.45, 7) is 4.08. The fourth-order valence-corrected chi connectivity index (χ4v) is 5.72. The van der Waals surface area contributed by atoms with Gasteiger partial charge in [-0.05, 0) is 63.1 Å². The molecule has 9 heteroatoms. The Morgan fingerprint density at radius 1 is 0.900 bits per heavy atom. The number of carbonyl (C=O) groups excluding carboxylic acids is 1. The van der Waals surface area contributed by atoms with E-state index >= 15 is 0 Å². The third kappa shape index (κ3) is 4.91. The summed E-state index contributed by atoms with van der Waals surface area (Å²) < 4.78 is 52.1. The predicted molar refractivity (Wildman–Crippen MR) is 114 cm³/mol. The van der Waals surface area contributed by atoms with Crippen LogP contribution in [0.4, 0.5) is 0 Å². The lowest BCUT2D eigenvalue weighted by atomic mass is 10.0. The van der Waals surface area contributed by atoms with Crippen LogP contribution in [0.1, 0.15) is 37.0 Å². The molecule has 162 valence electrons. The fourth-order valence-electron chi connectivity index (χ4n) is 3.33. The number of rotatable bonds is 6. The maximum absolute atomic E-state index is 12.7. The second-order valence-electron chi connectivity index (χ2n) is 7.62. The number of hydrogen-bond donors (Lipinski definition) is 1. The van der Waals surface area contributed by atoms with Crippen molar-refractivity contribution < 1.29 is 21.6 Å². The molecule has 0 bridgehead atoms. The van der Waals surface area contributed by atoms with Crippen LogP contribution in [-0.2, 0) is 19.9 Å². The standard InChI is InChI=1S/C21H26N2O5S2/c1-16(2)29(25,26)19-10-8-17(9-11-19)21(24)23-14-12-18(13-15-23)22-30(27,28)20-6-4-3-5-7-20/h3-11,16,18,22H,12-15H2,1-2H3. The van der Waals surface area contributed by atoms with E-state index in [1.54, 1.807) is 49.1 Å². The first-order chi connectivity index (χ1) is 14.1. The summed E-state index contributed by atoms with van der Waals surface area (Å²) in [5, 5.41) is -0.530. The zero-order valence-electron chi connectivity index (χ0n) is 17.0. The molecule has 0 aliphatic carbocycles. The van der Waals surface area contributed by atoms with Gasteiger partial charge < -0.3 is 4.90 Å². The fraction of sp³-hybridized carbons (Fsp3) is 0.381. The van der Waals surface area contributed by atoms with Crippen LogP contribution in [0.2, 0.25) is 0 Å². The topological polar surface area (TPSA) is 101 Å². The lowest BCUT2D eigenvalue weighted by Gasteiger charge is -2.32. The highest BCUT2D eigenvalue weighted by Gasteiger charge is 2.27. The minimum Gasteiger partial charge on any atom is -0.339 e. The van der Waals surface area contributed by atoms with Crippen molar-refractivity contribution in [2.75, 3.05) is 13.1 Å². The van der Waals surface area contributed by atoms with Gasteiger partial charge in [0.15, 0.2) is 9.84 Å². The quantitative estimate of drug-likeness (QED) is 0.729. The Balaban J connectivity index is 1.60. The number of piperidine rings is 1. The highest BCUT2D eigenvalue weighted by Crippen LogP contribution is 2.20. The van der Waals surface area contributed by atoms with Crippen LogP contribution in [0.5, 0.6) is 0 Å². The Kier molecular flexibility index (Phi) is 6.64. The van der Waals surface area contributed by atoms with E-state index in [-0.39, 0.29) is 21.7 Å². The zero-order valence-corrected chi connectivity index (χ0v) is 18.6. The van der Waals surface area contributed by atoms with Gasteiger partial charge in [0.2, 0.25) is 10.0 Å². The lowest BCUT2D eigenvalue weighted by molar-refractivity contribution is 0.0711. The van der Waals surface area contributed by atoms with E-state index in [2.05, 4.69) is 4.72 Å². The highest BCUT2D eigenvalue weighted by molar-refractivity contribution is 7.92. The van der Waals surface area contributed by atoms with Crippen LogP contribution in [0.3, 0.4) is 0 Å². The number of nitrogens with zero attached hydrogens (tertiary/aromatic N) is 1. The van der Waals surface area contributed by atoms with Gasteiger partial charge in [0.1, 0.15) is 0 Å². The molecular weight excluding hydrogens is 424 g/mol. The van der Waals surface area contributed by atoms with Crippen molar-refractivity contribution in [1.29, 1.82) is 0 Å². The molecule has 2 aromatic carbocycles. The van der Waals surface area contributed by atoms with Gasteiger partial charge in [0, 0.05) is 24.7 Å². The molecule has 7 nitrogen and oxygen atoms in total. The second-order valence-corrected chi connectivity index (χ2v) is 11.8. The van der Waals surface area contributed by atoms with E-state index in [1.165, 1.54) is 24.3 Å². The molecule has 0 radical (unpaired) electrons. The molecule has 0 atom stereocenters. The summed E-state index contributed by atoms with van der Waals surface area (Å²) in [5.41, 5.74) is 0.418. The summed E-state index contributed by atoms with van der Waals surface area (Å²) in [6.07, 6.45) is 1.02. The molecule has 2 aromatic rings. The van der Waals surface area contributed by atoms with E-state index < -0.39 is 25.1 Å². The van der Waals surface area contributed by atoms with Crippen molar-refractivity contribution in [3.8, 4) is 0 Å². The van der Waals surface area contributed by atoms with Crippen LogP contribution in [-0.4, -0.2) is 52.0 Å². The van der Waals surface area contributed by atoms with Crippen LogP contribution in [0.15, 0.2) is 64.4 Å². The Hall–Kier alpha value is -2.23. The van der Waals surface area contributed by atoms with Crippen LogP contribution in [0.25, 0.3) is 0 Å². The Morgan fingerprint density at radius 3 is 2.00 bits per heavy atom. The molecule has 0 saturated carbocycles. The molecule has 1 amide bonds. The Labute approximate surface area is 178 Å². The molecule has 1 saturated heterocycles. The maximum Gasteiger partial charge on any atom is 0.253 e. The third-order valence-electron chi connectivity index (χ3n) is 5.21. The predicted octanol–water partition coefficient (Wildman–Crippen LogP) is 2.45. The number of nitrogens with one attached hydrogen (secondary N) is 1. The molecule has 1 heterocycles. The van der Waals surface area contributed by atoms with E-state index in [0.717, 1.165) is 0 Å². The first kappa shape index (κ1) is 22.5. The number of carbonyl (C=O) groups is 1. The monoisotopic (exact) mass is 450 g/mol. The first-order valence-corrected chi connectivity index (χ1v) is 12.8. The number of hydrogen-bond acceptors (Lipinski definition) is 5. The average Bonchev–Trinajstić information content (AvgIpc) is 2.74. The van der Waals surface area contributed by atoms with Crippen molar-refractivity contribution in [1.82, 2.24) is 9.62 Å². The third-order valence-corrected chi connectivity index (χ3v) is 8.91. The van der Waals surface area contributed by atoms with E-state index in [0.29, 0.717) is 31.5 Å². The largest absolute Gasteiger partial charge is 0.339 e. The van der Waals surface area contributed by atoms with Crippen LogP contribution in [0, 0.1) is 0 Å². The van der Waals surface area contributed by atoms with E-state index in [4.69, 9.17) is 0 Å². The molecule has 0 spiro atoms. The van der Waals surface area contributed by atoms with Crippen molar-refractivity contribution in [3.05, 3.63) is 60.2 Å². The van der Waals surface area contributed by atoms with Gasteiger partial charge in [-0.2, -0.15) is 0 Å². The minimum absolute atomic E-state index is 0.187. The molecule has 30 heavy (non-hydrogen) atoms. The summed E-state index contributed by atoms with van der Waals surface area (Å²) in [5.74, 6) is -0.187. The number of sulfone groups is 1. The molecular formula is C21H26N2O5S2. The number of sulfonamides is 1. The maximum atomic E-state index is 12.7. The van der Waals surface area contributed by atoms with Crippen molar-refractivity contribution in [3.63, 3.8) is 0 Å². The molecule has 0 aromatic heterocycles. The molecule has 3 rings (SSSR count). The van der Waals surface area contributed by atoms with Gasteiger partial charge in [-0.1, -0.05) is 18.2 Å². The molecule has 1 aliphatic heterocycles. The van der Waals surface area contributed by atoms with Gasteiger partial charge in [-0.15, -0.1) is 0 Å². The zero-order chi connectivity index (χ0) is 21.9. The van der Waals surface area contributed by atoms with Gasteiger partial charge in [-0.3, -0.25) is 4.79 Å². The van der Waals surface area contributed by atoms with Crippen molar-refractivity contribution in [2.24, 2.45) is 0 Å². The van der Waals surface area contributed by atoms with Gasteiger partial charge in [0.05, 0.1) is 15.0 Å². The van der Waals surface area contributed by atoms with Crippen molar-refractivity contribution >= 4 is 25.8 Å². The number of likely N-dealkylation sites (tertiary alicyclic amines) is 1. The number of amides is 1. The first-order valence-electron chi connectivity index (χ1n) is 9.82. The molecule has 0 unspecified atom stereocenters. The number of benzene rings is 2. The normalized spacial score (nSPS) is 16.0. The summed E-state index contributed by atoms with van der Waals surface area (Å²) in [4.78, 5) is 14.8. The summed E-state index contributed by atoms with van der Waals surface area (Å²) in [7, 11) is -6.97. The van der Waals surface area contributed by atoms with Crippen LogP contribution < -0.4 is 4.72 Å². The lowest BCUT2D eigenvalue weighted by Crippen LogP contribution is -2.46. The SMILES string of the molecule is CC(C)S(=O)(=O)c1ccc(C(=O)N2CCC(NS(=O)(=O)c3ccccc3)CC2)cc1. The van der Waals surface area contributed by atoms with Crippen LogP contribution >= 0.6 is 0 Å². The van der Waals surface area contributed by atoms with Gasteiger partial charge in [-0.25, -0.2) is 21.6 Å². The highest BCUT2D eigenvalue weighted by atomic mass is 32.2. The smallest absolute Gasteiger partial charge is 0.253 e. The molecule has 1 aliphatic rings. The van der Waals surface area contributed by atoms with Gasteiger partial charge >= 0.3 is 0 Å². The summed E-state index contributed by atoms with van der Waals surface area (Å²) in [6, 6.07) is 13.9. The summed E-state index contributed by atoms with van der Waals surface area (Å²) >= 11 is 0. The van der Waals surface area contributed by atoms with E-state index in [9.17, 15) is 21.6 Å². The average molecular weight is 451 g/mol. The minimum atomic E-state index is -3.59. The second kappa shape index (κ2) is 8.87.